The maximum absolute atomic E-state index is 13.3. The van der Waals surface area contributed by atoms with Gasteiger partial charge in [-0.1, -0.05) is 13.8 Å². The molecule has 0 aromatic carbocycles. The summed E-state index contributed by atoms with van der Waals surface area (Å²) in [7, 11) is 0. The van der Waals surface area contributed by atoms with E-state index in [0.717, 1.165) is 45.4 Å². The van der Waals surface area contributed by atoms with Crippen molar-refractivity contribution < 1.29 is 4.79 Å². The van der Waals surface area contributed by atoms with Crippen molar-refractivity contribution in [3.63, 3.8) is 0 Å². The fourth-order valence-corrected chi connectivity index (χ4v) is 3.79. The van der Waals surface area contributed by atoms with Crippen LogP contribution in [0.3, 0.4) is 0 Å². The second kappa shape index (κ2) is 5.44. The lowest BCUT2D eigenvalue weighted by atomic mass is 9.81. The average Bonchev–Trinajstić information content (AvgIpc) is 3.01. The molecule has 2 saturated heterocycles. The number of likely N-dealkylation sites (tertiary alicyclic amines) is 1. The van der Waals surface area contributed by atoms with Crippen LogP contribution in [-0.2, 0) is 10.3 Å². The molecule has 2 aliphatic rings. The summed E-state index contributed by atoms with van der Waals surface area (Å²) < 4.78 is 1.90. The van der Waals surface area contributed by atoms with Gasteiger partial charge in [0.25, 0.3) is 5.91 Å². The zero-order chi connectivity index (χ0) is 14.9. The van der Waals surface area contributed by atoms with Crippen molar-refractivity contribution in [1.29, 1.82) is 0 Å². The molecule has 0 unspecified atom stereocenters. The summed E-state index contributed by atoms with van der Waals surface area (Å²) in [5.74, 6) is 0.264. The molecule has 116 valence electrons. The Labute approximate surface area is 126 Å². The smallest absolute Gasteiger partial charge is 0.250 e. The van der Waals surface area contributed by atoms with Crippen LogP contribution in [0.1, 0.15) is 39.5 Å². The number of hydrogen-bond donors (Lipinski definition) is 1. The summed E-state index contributed by atoms with van der Waals surface area (Å²) in [6.45, 7) is 8.03. The maximum Gasteiger partial charge on any atom is 0.250 e. The van der Waals surface area contributed by atoms with Crippen LogP contribution in [0.4, 0.5) is 0 Å². The summed E-state index contributed by atoms with van der Waals surface area (Å²) in [6.07, 6.45) is 7.67. The van der Waals surface area contributed by atoms with E-state index in [4.69, 9.17) is 0 Å². The first-order chi connectivity index (χ1) is 10.0. The number of aromatic nitrogens is 2. The van der Waals surface area contributed by atoms with Crippen LogP contribution in [-0.4, -0.2) is 46.8 Å². The minimum absolute atomic E-state index is 0.228. The third kappa shape index (κ3) is 2.71. The van der Waals surface area contributed by atoms with E-state index in [1.54, 1.807) is 6.20 Å². The second-order valence-corrected chi connectivity index (χ2v) is 7.23. The normalized spacial score (nSPS) is 24.8. The van der Waals surface area contributed by atoms with Crippen molar-refractivity contribution >= 4 is 5.91 Å². The van der Waals surface area contributed by atoms with E-state index in [2.05, 4.69) is 29.2 Å². The highest BCUT2D eigenvalue weighted by molar-refractivity contribution is 5.84. The fraction of sp³-hybridized carbons (Fsp3) is 0.750. The van der Waals surface area contributed by atoms with Crippen LogP contribution >= 0.6 is 0 Å². The largest absolute Gasteiger partial charge is 0.340 e. The van der Waals surface area contributed by atoms with Gasteiger partial charge in [-0.05, 0) is 50.3 Å². The molecule has 21 heavy (non-hydrogen) atoms. The minimum atomic E-state index is -0.484. The summed E-state index contributed by atoms with van der Waals surface area (Å²) in [4.78, 5) is 15.4. The van der Waals surface area contributed by atoms with Crippen molar-refractivity contribution in [2.24, 2.45) is 5.41 Å². The summed E-state index contributed by atoms with van der Waals surface area (Å²) in [5.41, 5.74) is -0.256. The first-order valence-electron chi connectivity index (χ1n) is 8.04. The van der Waals surface area contributed by atoms with Crippen LogP contribution in [0.2, 0.25) is 0 Å². The predicted octanol–water partition coefficient (Wildman–Crippen LogP) is 1.61. The Balaban J connectivity index is 1.88. The van der Waals surface area contributed by atoms with Crippen LogP contribution in [0.15, 0.2) is 18.5 Å². The van der Waals surface area contributed by atoms with Gasteiger partial charge in [-0.3, -0.25) is 9.48 Å². The lowest BCUT2D eigenvalue weighted by Crippen LogP contribution is -2.58. The van der Waals surface area contributed by atoms with Gasteiger partial charge in [0.1, 0.15) is 5.54 Å². The molecule has 2 fully saturated rings. The van der Waals surface area contributed by atoms with Gasteiger partial charge in [-0.25, -0.2) is 0 Å². The van der Waals surface area contributed by atoms with E-state index in [-0.39, 0.29) is 11.3 Å². The van der Waals surface area contributed by atoms with E-state index in [1.807, 2.05) is 16.9 Å². The quantitative estimate of drug-likeness (QED) is 0.900. The lowest BCUT2D eigenvalue weighted by Gasteiger charge is -2.44. The Bertz CT molecular complexity index is 488. The number of carbonyl (C=O) groups is 1. The monoisotopic (exact) mass is 290 g/mol. The fourth-order valence-electron chi connectivity index (χ4n) is 3.79. The van der Waals surface area contributed by atoms with Gasteiger partial charge in [-0.2, -0.15) is 5.10 Å². The van der Waals surface area contributed by atoms with Gasteiger partial charge in [0.15, 0.2) is 0 Å². The SMILES string of the molecule is CC1(C)CCCN(C(=O)C2(n3cccn3)CCNCC2)C1. The predicted molar refractivity (Wildman–Crippen MR) is 81.9 cm³/mol. The van der Waals surface area contributed by atoms with E-state index >= 15 is 0 Å². The Hall–Kier alpha value is -1.36. The molecular formula is C16H26N4O. The number of amides is 1. The van der Waals surface area contributed by atoms with E-state index in [0.29, 0.717) is 0 Å². The highest BCUT2D eigenvalue weighted by Crippen LogP contribution is 2.34. The molecule has 0 atom stereocenters. The Morgan fingerprint density at radius 2 is 2.00 bits per heavy atom. The standard InChI is InChI=1S/C16H26N4O/c1-15(2)5-3-11-19(13-15)14(21)16(6-9-17-10-7-16)20-12-4-8-18-20/h4,8,12,17H,3,5-7,9-11,13H2,1-2H3. The molecule has 5 heteroatoms. The molecule has 0 spiro atoms. The zero-order valence-electron chi connectivity index (χ0n) is 13.1. The highest BCUT2D eigenvalue weighted by Gasteiger charge is 2.45. The van der Waals surface area contributed by atoms with Gasteiger partial charge >= 0.3 is 0 Å². The second-order valence-electron chi connectivity index (χ2n) is 7.23. The maximum atomic E-state index is 13.3. The topological polar surface area (TPSA) is 50.2 Å². The summed E-state index contributed by atoms with van der Waals surface area (Å²) in [5, 5.41) is 7.77. The number of rotatable bonds is 2. The summed E-state index contributed by atoms with van der Waals surface area (Å²) >= 11 is 0. The van der Waals surface area contributed by atoms with Crippen molar-refractivity contribution in [2.45, 2.75) is 45.1 Å². The molecular weight excluding hydrogens is 264 g/mol. The molecule has 0 aliphatic carbocycles. The van der Waals surface area contributed by atoms with E-state index in [9.17, 15) is 4.79 Å². The van der Waals surface area contributed by atoms with Gasteiger partial charge in [0.2, 0.25) is 0 Å². The molecule has 0 radical (unpaired) electrons. The first-order valence-corrected chi connectivity index (χ1v) is 8.04. The van der Waals surface area contributed by atoms with Crippen LogP contribution in [0, 0.1) is 5.41 Å². The molecule has 2 aliphatic heterocycles. The molecule has 0 bridgehead atoms. The molecule has 1 aromatic heterocycles. The third-order valence-electron chi connectivity index (χ3n) is 4.96. The van der Waals surface area contributed by atoms with Gasteiger partial charge in [0, 0.05) is 25.5 Å². The molecule has 0 saturated carbocycles. The molecule has 1 amide bonds. The first kappa shape index (κ1) is 14.6. The Kier molecular flexibility index (Phi) is 3.78. The molecule has 5 nitrogen and oxygen atoms in total. The van der Waals surface area contributed by atoms with Crippen molar-refractivity contribution in [1.82, 2.24) is 20.0 Å². The van der Waals surface area contributed by atoms with Crippen LogP contribution in [0.5, 0.6) is 0 Å². The van der Waals surface area contributed by atoms with Crippen molar-refractivity contribution in [3.05, 3.63) is 18.5 Å². The number of carbonyl (C=O) groups excluding carboxylic acids is 1. The van der Waals surface area contributed by atoms with Crippen molar-refractivity contribution in [2.75, 3.05) is 26.2 Å². The van der Waals surface area contributed by atoms with Crippen LogP contribution in [0.25, 0.3) is 0 Å². The van der Waals surface area contributed by atoms with Gasteiger partial charge in [0.05, 0.1) is 0 Å². The summed E-state index contributed by atoms with van der Waals surface area (Å²) in [6, 6.07) is 1.91. The average molecular weight is 290 g/mol. The zero-order valence-corrected chi connectivity index (χ0v) is 13.1. The lowest BCUT2D eigenvalue weighted by molar-refractivity contribution is -0.146. The minimum Gasteiger partial charge on any atom is -0.340 e. The third-order valence-corrected chi connectivity index (χ3v) is 4.96. The van der Waals surface area contributed by atoms with Crippen LogP contribution < -0.4 is 5.32 Å². The molecule has 1 aromatic rings. The number of nitrogens with one attached hydrogen (secondary N) is 1. The molecule has 3 heterocycles. The Morgan fingerprint density at radius 1 is 1.24 bits per heavy atom. The number of hydrogen-bond acceptors (Lipinski definition) is 3. The molecule has 1 N–H and O–H groups in total. The van der Waals surface area contributed by atoms with E-state index < -0.39 is 5.54 Å². The molecule has 3 rings (SSSR count). The van der Waals surface area contributed by atoms with Crippen molar-refractivity contribution in [3.8, 4) is 0 Å². The van der Waals surface area contributed by atoms with Gasteiger partial charge in [-0.15, -0.1) is 0 Å². The van der Waals surface area contributed by atoms with E-state index in [1.165, 1.54) is 6.42 Å². The van der Waals surface area contributed by atoms with Gasteiger partial charge < -0.3 is 10.2 Å². The highest BCUT2D eigenvalue weighted by atomic mass is 16.2. The number of nitrogens with zero attached hydrogens (tertiary/aromatic N) is 3. The number of piperidine rings is 2. The Morgan fingerprint density at radius 3 is 2.62 bits per heavy atom.